The number of halogens is 2. The Hall–Kier alpha value is -1.60. The summed E-state index contributed by atoms with van der Waals surface area (Å²) in [6, 6.07) is 6.32. The minimum Gasteiger partial charge on any atom is -0.334 e. The van der Waals surface area contributed by atoms with Crippen LogP contribution in [-0.4, -0.2) is 11.4 Å². The molecule has 1 N–H and O–H groups in total. The molecule has 0 heterocycles. The minimum absolute atomic E-state index is 0.0746. The maximum Gasteiger partial charge on any atom is 0.254 e. The van der Waals surface area contributed by atoms with E-state index >= 15 is 0 Å². The lowest BCUT2D eigenvalue weighted by Crippen LogP contribution is -2.47. The van der Waals surface area contributed by atoms with E-state index in [1.807, 2.05) is 0 Å². The van der Waals surface area contributed by atoms with E-state index < -0.39 is 17.3 Å². The molecule has 1 aliphatic rings. The highest BCUT2D eigenvalue weighted by atomic mass is 35.5. The van der Waals surface area contributed by atoms with Gasteiger partial charge in [0, 0.05) is 0 Å². The fourth-order valence-corrected chi connectivity index (χ4v) is 2.77. The van der Waals surface area contributed by atoms with Gasteiger partial charge in [-0.2, -0.15) is 5.26 Å². The summed E-state index contributed by atoms with van der Waals surface area (Å²) in [6.45, 7) is 0. The average Bonchev–Trinajstić information content (AvgIpc) is 2.68. The summed E-state index contributed by atoms with van der Waals surface area (Å²) in [6.07, 6.45) is 5.21. The summed E-state index contributed by atoms with van der Waals surface area (Å²) in [7, 11) is 0. The van der Waals surface area contributed by atoms with E-state index in [2.05, 4.69) is 11.4 Å². The molecule has 106 valence electrons. The van der Waals surface area contributed by atoms with E-state index in [9.17, 15) is 14.4 Å². The van der Waals surface area contributed by atoms with Crippen LogP contribution in [0.5, 0.6) is 0 Å². The second kappa shape index (κ2) is 6.23. The van der Waals surface area contributed by atoms with Crippen molar-refractivity contribution in [1.82, 2.24) is 5.32 Å². The van der Waals surface area contributed by atoms with Gasteiger partial charge in [0.1, 0.15) is 11.4 Å². The van der Waals surface area contributed by atoms with E-state index in [4.69, 9.17) is 11.6 Å². The molecule has 20 heavy (non-hydrogen) atoms. The van der Waals surface area contributed by atoms with Crippen LogP contribution in [0.2, 0.25) is 5.02 Å². The highest BCUT2D eigenvalue weighted by Crippen LogP contribution is 2.28. The first-order valence-corrected chi connectivity index (χ1v) is 7.13. The number of amides is 1. The Balaban J connectivity index is 2.21. The summed E-state index contributed by atoms with van der Waals surface area (Å²) in [5.74, 6) is -1.12. The Morgan fingerprint density at radius 3 is 2.55 bits per heavy atom. The molecule has 0 spiro atoms. The van der Waals surface area contributed by atoms with Crippen molar-refractivity contribution in [1.29, 1.82) is 5.26 Å². The van der Waals surface area contributed by atoms with Crippen molar-refractivity contribution in [3.05, 3.63) is 34.6 Å². The fourth-order valence-electron chi connectivity index (χ4n) is 2.56. The van der Waals surface area contributed by atoms with E-state index in [0.29, 0.717) is 12.8 Å². The summed E-state index contributed by atoms with van der Waals surface area (Å²) < 4.78 is 13.4. The number of carbonyl (C=O) groups is 1. The molecule has 1 fully saturated rings. The second-order valence-electron chi connectivity index (χ2n) is 5.16. The van der Waals surface area contributed by atoms with Gasteiger partial charge >= 0.3 is 0 Å². The smallest absolute Gasteiger partial charge is 0.254 e. The zero-order valence-electron chi connectivity index (χ0n) is 11.1. The molecule has 0 saturated heterocycles. The molecule has 5 heteroatoms. The molecule has 0 bridgehead atoms. The van der Waals surface area contributed by atoms with Crippen LogP contribution >= 0.6 is 11.6 Å². The Morgan fingerprint density at radius 1 is 1.30 bits per heavy atom. The van der Waals surface area contributed by atoms with Gasteiger partial charge in [0.25, 0.3) is 5.91 Å². The first-order chi connectivity index (χ1) is 9.58. The van der Waals surface area contributed by atoms with Crippen molar-refractivity contribution >= 4 is 17.5 Å². The van der Waals surface area contributed by atoms with Crippen LogP contribution in [0.4, 0.5) is 4.39 Å². The van der Waals surface area contributed by atoms with Crippen molar-refractivity contribution in [3.63, 3.8) is 0 Å². The quantitative estimate of drug-likeness (QED) is 0.843. The monoisotopic (exact) mass is 294 g/mol. The summed E-state index contributed by atoms with van der Waals surface area (Å²) in [5.41, 5.74) is -0.783. The van der Waals surface area contributed by atoms with Crippen LogP contribution in [0.15, 0.2) is 18.2 Å². The molecule has 3 nitrogen and oxygen atoms in total. The van der Waals surface area contributed by atoms with Gasteiger partial charge in [0.2, 0.25) is 0 Å². The van der Waals surface area contributed by atoms with Gasteiger partial charge in [0.15, 0.2) is 0 Å². The first-order valence-electron chi connectivity index (χ1n) is 6.76. The summed E-state index contributed by atoms with van der Waals surface area (Å²) in [4.78, 5) is 12.2. The summed E-state index contributed by atoms with van der Waals surface area (Å²) >= 11 is 5.81. The first kappa shape index (κ1) is 14.8. The summed E-state index contributed by atoms with van der Waals surface area (Å²) in [5, 5.41) is 12.0. The molecule has 0 aliphatic heterocycles. The van der Waals surface area contributed by atoms with Crippen molar-refractivity contribution in [3.8, 4) is 6.07 Å². The molecular weight excluding hydrogens is 279 g/mol. The van der Waals surface area contributed by atoms with Crippen LogP contribution in [-0.2, 0) is 0 Å². The molecule has 2 rings (SSSR count). The number of nitriles is 1. The van der Waals surface area contributed by atoms with E-state index in [-0.39, 0.29) is 10.6 Å². The average molecular weight is 295 g/mol. The standard InChI is InChI=1S/C15H16ClFN2O/c16-13-11(6-5-7-12(13)17)14(20)19-15(10-18)8-3-1-2-4-9-15/h5-7H,1-4,8-9H2,(H,19,20). The van der Waals surface area contributed by atoms with Crippen molar-refractivity contribution < 1.29 is 9.18 Å². The number of hydrogen-bond acceptors (Lipinski definition) is 2. The number of hydrogen-bond donors (Lipinski definition) is 1. The SMILES string of the molecule is N#CC1(NC(=O)c2cccc(F)c2Cl)CCCCCC1. The maximum absolute atomic E-state index is 13.4. The molecule has 1 amide bonds. The molecule has 0 atom stereocenters. The molecular formula is C15H16ClFN2O. The van der Waals surface area contributed by atoms with Crippen molar-refractivity contribution in [2.24, 2.45) is 0 Å². The molecule has 1 saturated carbocycles. The predicted molar refractivity (Wildman–Crippen MR) is 74.9 cm³/mol. The Labute approximate surface area is 122 Å². The second-order valence-corrected chi connectivity index (χ2v) is 5.54. The number of rotatable bonds is 2. The number of carbonyl (C=O) groups excluding carboxylic acids is 1. The molecule has 1 aliphatic carbocycles. The van der Waals surface area contributed by atoms with Crippen LogP contribution in [0.3, 0.4) is 0 Å². The predicted octanol–water partition coefficient (Wildman–Crippen LogP) is 3.83. The number of nitrogens with one attached hydrogen (secondary N) is 1. The lowest BCUT2D eigenvalue weighted by molar-refractivity contribution is 0.0912. The normalized spacial score (nSPS) is 17.9. The highest BCUT2D eigenvalue weighted by Gasteiger charge is 2.33. The molecule has 0 aromatic heterocycles. The molecule has 0 radical (unpaired) electrons. The van der Waals surface area contributed by atoms with Gasteiger partial charge < -0.3 is 5.32 Å². The Bertz CT molecular complexity index is 545. The van der Waals surface area contributed by atoms with Crippen LogP contribution in [0.1, 0.15) is 48.9 Å². The van der Waals surface area contributed by atoms with Crippen molar-refractivity contribution in [2.75, 3.05) is 0 Å². The molecule has 1 aromatic carbocycles. The van der Waals surface area contributed by atoms with Crippen LogP contribution in [0, 0.1) is 17.1 Å². The third-order valence-electron chi connectivity index (χ3n) is 3.72. The molecule has 0 unspecified atom stereocenters. The lowest BCUT2D eigenvalue weighted by atomic mass is 9.91. The largest absolute Gasteiger partial charge is 0.334 e. The van der Waals surface area contributed by atoms with E-state index in [1.165, 1.54) is 18.2 Å². The zero-order valence-corrected chi connectivity index (χ0v) is 11.8. The topological polar surface area (TPSA) is 52.9 Å². The minimum atomic E-state index is -0.858. The highest BCUT2D eigenvalue weighted by molar-refractivity contribution is 6.34. The van der Waals surface area contributed by atoms with Gasteiger partial charge in [-0.3, -0.25) is 4.79 Å². The van der Waals surface area contributed by atoms with E-state index in [0.717, 1.165) is 25.7 Å². The van der Waals surface area contributed by atoms with Gasteiger partial charge in [-0.1, -0.05) is 43.4 Å². The van der Waals surface area contributed by atoms with Crippen molar-refractivity contribution in [2.45, 2.75) is 44.1 Å². The number of benzene rings is 1. The molecule has 1 aromatic rings. The van der Waals surface area contributed by atoms with Crippen LogP contribution < -0.4 is 5.32 Å². The van der Waals surface area contributed by atoms with Crippen LogP contribution in [0.25, 0.3) is 0 Å². The zero-order chi connectivity index (χ0) is 14.6. The van der Waals surface area contributed by atoms with Gasteiger partial charge in [-0.05, 0) is 25.0 Å². The lowest BCUT2D eigenvalue weighted by Gasteiger charge is -2.26. The van der Waals surface area contributed by atoms with E-state index in [1.54, 1.807) is 0 Å². The van der Waals surface area contributed by atoms with Gasteiger partial charge in [-0.15, -0.1) is 0 Å². The third-order valence-corrected chi connectivity index (χ3v) is 4.10. The fraction of sp³-hybridized carbons (Fsp3) is 0.467. The van der Waals surface area contributed by atoms with Gasteiger partial charge in [0.05, 0.1) is 16.7 Å². The maximum atomic E-state index is 13.4. The third kappa shape index (κ3) is 3.10. The van der Waals surface area contributed by atoms with Gasteiger partial charge in [-0.25, -0.2) is 4.39 Å². The Kier molecular flexibility index (Phi) is 4.61. The number of nitrogens with zero attached hydrogens (tertiary/aromatic N) is 1. The Morgan fingerprint density at radius 2 is 1.95 bits per heavy atom.